The molecule has 0 saturated heterocycles. The summed E-state index contributed by atoms with van der Waals surface area (Å²) in [6, 6.07) is 1.66. The minimum absolute atomic E-state index is 0.139. The normalized spacial score (nSPS) is 25.7. The number of esters is 1. The second kappa shape index (κ2) is 6.24. The van der Waals surface area contributed by atoms with Crippen molar-refractivity contribution < 1.29 is 32.2 Å². The van der Waals surface area contributed by atoms with Gasteiger partial charge in [-0.2, -0.15) is 18.4 Å². The molecule has 1 heterocycles. The molecule has 2 atom stereocenters. The molecular formula is C12H13F3N2O4. The molecule has 0 spiro atoms. The molecule has 9 heteroatoms. The molecule has 0 fully saturated rings. The number of carbonyl (C=O) groups excluding carboxylic acids is 1. The van der Waals surface area contributed by atoms with Crippen LogP contribution in [0.25, 0.3) is 0 Å². The summed E-state index contributed by atoms with van der Waals surface area (Å²) < 4.78 is 53.4. The third kappa shape index (κ3) is 3.06. The number of nitrogens with zero attached hydrogens (tertiary/aromatic N) is 2. The number of ether oxygens (including phenoxy) is 3. The topological polar surface area (TPSA) is 80.9 Å². The van der Waals surface area contributed by atoms with E-state index in [0.717, 1.165) is 14.2 Å². The van der Waals surface area contributed by atoms with Gasteiger partial charge in [0.2, 0.25) is 5.60 Å². The van der Waals surface area contributed by atoms with Crippen LogP contribution in [0.2, 0.25) is 0 Å². The van der Waals surface area contributed by atoms with Gasteiger partial charge < -0.3 is 14.2 Å². The van der Waals surface area contributed by atoms with Crippen molar-refractivity contribution in [2.75, 3.05) is 20.8 Å². The van der Waals surface area contributed by atoms with Crippen LogP contribution in [0.3, 0.4) is 0 Å². The number of aliphatic imine (C=N–C) groups is 1. The first-order valence-electron chi connectivity index (χ1n) is 5.80. The lowest BCUT2D eigenvalue weighted by Crippen LogP contribution is -2.51. The van der Waals surface area contributed by atoms with Crippen LogP contribution in [0.4, 0.5) is 13.2 Å². The van der Waals surface area contributed by atoms with Gasteiger partial charge in [-0.15, -0.1) is 0 Å². The number of carbonyl (C=O) groups is 1. The summed E-state index contributed by atoms with van der Waals surface area (Å²) in [6.45, 7) is 1.30. The molecule has 0 aromatic carbocycles. The minimum Gasteiger partial charge on any atom is -0.463 e. The Kier molecular flexibility index (Phi) is 5.09. The maximum absolute atomic E-state index is 13.0. The summed E-state index contributed by atoms with van der Waals surface area (Å²) in [7, 11) is 2.16. The summed E-state index contributed by atoms with van der Waals surface area (Å²) in [5.41, 5.74) is -4.29. The van der Waals surface area contributed by atoms with E-state index in [0.29, 0.717) is 6.21 Å². The lowest BCUT2D eigenvalue weighted by atomic mass is 9.88. The van der Waals surface area contributed by atoms with Crippen LogP contribution in [0.5, 0.6) is 0 Å². The largest absolute Gasteiger partial charge is 0.463 e. The number of methoxy groups -OCH3 is 2. The zero-order chi connectivity index (χ0) is 16.3. The summed E-state index contributed by atoms with van der Waals surface area (Å²) in [6.07, 6.45) is -5.84. The van der Waals surface area contributed by atoms with Crippen molar-refractivity contribution in [2.24, 2.45) is 4.99 Å². The van der Waals surface area contributed by atoms with Crippen molar-refractivity contribution >= 4 is 12.2 Å². The average molecular weight is 306 g/mol. The number of hydrogen-bond acceptors (Lipinski definition) is 6. The molecule has 0 bridgehead atoms. The molecule has 0 radical (unpaired) electrons. The lowest BCUT2D eigenvalue weighted by Gasteiger charge is -2.34. The van der Waals surface area contributed by atoms with Crippen LogP contribution in [0, 0.1) is 11.3 Å². The second-order valence-electron chi connectivity index (χ2n) is 3.96. The number of rotatable bonds is 4. The van der Waals surface area contributed by atoms with Crippen LogP contribution >= 0.6 is 0 Å². The van der Waals surface area contributed by atoms with Gasteiger partial charge in [-0.25, -0.2) is 4.79 Å². The Morgan fingerprint density at radius 1 is 1.52 bits per heavy atom. The first kappa shape index (κ1) is 17.1. The smallest absolute Gasteiger partial charge is 0.433 e. The molecule has 0 saturated carbocycles. The maximum Gasteiger partial charge on any atom is 0.433 e. The quantitative estimate of drug-likeness (QED) is 0.733. The Morgan fingerprint density at radius 3 is 2.52 bits per heavy atom. The van der Waals surface area contributed by atoms with E-state index in [4.69, 9.17) is 14.7 Å². The molecule has 2 unspecified atom stereocenters. The minimum atomic E-state index is -4.90. The van der Waals surface area contributed by atoms with E-state index in [1.807, 2.05) is 0 Å². The molecule has 0 aromatic rings. The zero-order valence-electron chi connectivity index (χ0n) is 11.5. The van der Waals surface area contributed by atoms with E-state index in [-0.39, 0.29) is 6.61 Å². The van der Waals surface area contributed by atoms with Crippen LogP contribution in [0.15, 0.2) is 16.3 Å². The summed E-state index contributed by atoms with van der Waals surface area (Å²) in [5.74, 6) is -1.26. The Hall–Kier alpha value is -1.92. The summed E-state index contributed by atoms with van der Waals surface area (Å²) in [4.78, 5) is 15.0. The van der Waals surface area contributed by atoms with Crippen LogP contribution < -0.4 is 0 Å². The van der Waals surface area contributed by atoms with Gasteiger partial charge in [0.25, 0.3) is 0 Å². The van der Waals surface area contributed by atoms with E-state index in [1.54, 1.807) is 6.07 Å². The molecule has 6 nitrogen and oxygen atoms in total. The van der Waals surface area contributed by atoms with Gasteiger partial charge in [-0.05, 0) is 6.92 Å². The highest BCUT2D eigenvalue weighted by molar-refractivity contribution is 5.95. The molecule has 1 rings (SSSR count). The van der Waals surface area contributed by atoms with Crippen molar-refractivity contribution in [1.82, 2.24) is 0 Å². The second-order valence-corrected chi connectivity index (χ2v) is 3.96. The maximum atomic E-state index is 13.0. The molecule has 1 aliphatic heterocycles. The first-order chi connectivity index (χ1) is 9.77. The monoisotopic (exact) mass is 306 g/mol. The Morgan fingerprint density at radius 2 is 2.14 bits per heavy atom. The van der Waals surface area contributed by atoms with Gasteiger partial charge in [0.1, 0.15) is 17.7 Å². The van der Waals surface area contributed by atoms with Crippen molar-refractivity contribution in [3.8, 4) is 6.07 Å². The molecular weight excluding hydrogens is 293 g/mol. The molecule has 116 valence electrons. The number of halogens is 3. The van der Waals surface area contributed by atoms with E-state index in [9.17, 15) is 18.0 Å². The Labute approximate surface area is 118 Å². The molecule has 0 N–H and O–H groups in total. The third-order valence-electron chi connectivity index (χ3n) is 2.80. The molecule has 0 amide bonds. The van der Waals surface area contributed by atoms with Crippen LogP contribution in [-0.4, -0.2) is 50.9 Å². The lowest BCUT2D eigenvalue weighted by molar-refractivity contribution is -0.144. The average Bonchev–Trinajstić information content (AvgIpc) is 2.44. The van der Waals surface area contributed by atoms with E-state index >= 15 is 0 Å². The highest BCUT2D eigenvalue weighted by atomic mass is 19.4. The zero-order valence-corrected chi connectivity index (χ0v) is 11.5. The fourth-order valence-corrected chi connectivity index (χ4v) is 1.86. The van der Waals surface area contributed by atoms with E-state index in [2.05, 4.69) is 9.73 Å². The Balaban J connectivity index is 3.52. The predicted octanol–water partition coefficient (Wildman–Crippen LogP) is 1.37. The van der Waals surface area contributed by atoms with Gasteiger partial charge in [0.05, 0.1) is 12.8 Å². The van der Waals surface area contributed by atoms with Crippen molar-refractivity contribution in [2.45, 2.75) is 24.8 Å². The highest BCUT2D eigenvalue weighted by Crippen LogP contribution is 2.38. The van der Waals surface area contributed by atoms with Gasteiger partial charge in [-0.1, -0.05) is 0 Å². The number of nitriles is 1. The molecule has 1 aliphatic rings. The van der Waals surface area contributed by atoms with Crippen LogP contribution in [-0.2, 0) is 19.0 Å². The fraction of sp³-hybridized carbons (Fsp3) is 0.583. The summed E-state index contributed by atoms with van der Waals surface area (Å²) >= 11 is 0. The standard InChI is InChI=1S/C12H13F3N2O4/c1-4-21-10(18)7-8(12(13,14)15)17-6-11(5-16,20-3)9(7)19-2/h6,9H,4H2,1-3H3. The van der Waals surface area contributed by atoms with Crippen molar-refractivity contribution in [3.63, 3.8) is 0 Å². The number of hydrogen-bond donors (Lipinski definition) is 0. The fourth-order valence-electron chi connectivity index (χ4n) is 1.86. The Bertz CT molecular complexity index is 522. The third-order valence-corrected chi connectivity index (χ3v) is 2.80. The molecule has 21 heavy (non-hydrogen) atoms. The number of alkyl halides is 3. The van der Waals surface area contributed by atoms with Gasteiger partial charge in [0.15, 0.2) is 5.70 Å². The van der Waals surface area contributed by atoms with E-state index < -0.39 is 35.1 Å². The van der Waals surface area contributed by atoms with Gasteiger partial charge in [-0.3, -0.25) is 4.99 Å². The van der Waals surface area contributed by atoms with Gasteiger partial charge in [0, 0.05) is 14.2 Å². The SMILES string of the molecule is CCOC(=O)C1=C(C(F)(F)F)N=CC(C#N)(OC)C1OC. The number of allylic oxidation sites excluding steroid dienone is 1. The van der Waals surface area contributed by atoms with Crippen molar-refractivity contribution in [3.05, 3.63) is 11.3 Å². The van der Waals surface area contributed by atoms with E-state index in [1.165, 1.54) is 6.92 Å². The van der Waals surface area contributed by atoms with Gasteiger partial charge >= 0.3 is 12.1 Å². The summed E-state index contributed by atoms with van der Waals surface area (Å²) in [5, 5.41) is 9.16. The van der Waals surface area contributed by atoms with Crippen LogP contribution in [0.1, 0.15) is 6.92 Å². The van der Waals surface area contributed by atoms with Crippen molar-refractivity contribution in [1.29, 1.82) is 5.26 Å². The first-order valence-corrected chi connectivity index (χ1v) is 5.80. The molecule has 0 aromatic heterocycles. The molecule has 0 aliphatic carbocycles. The highest BCUT2D eigenvalue weighted by Gasteiger charge is 2.52. The predicted molar refractivity (Wildman–Crippen MR) is 64.4 cm³/mol.